The van der Waals surface area contributed by atoms with Crippen LogP contribution in [0.5, 0.6) is 0 Å². The van der Waals surface area contributed by atoms with Crippen LogP contribution in [0.1, 0.15) is 12.8 Å². The number of urea groups is 1. The molecule has 0 aliphatic carbocycles. The molecule has 0 atom stereocenters. The molecule has 1 aliphatic heterocycles. The van der Waals surface area contributed by atoms with Gasteiger partial charge < -0.3 is 16.3 Å². The van der Waals surface area contributed by atoms with E-state index in [9.17, 15) is 14.4 Å². The van der Waals surface area contributed by atoms with Gasteiger partial charge in [-0.25, -0.2) is 4.79 Å². The first-order valence-electron chi connectivity index (χ1n) is 5.08. The fourth-order valence-electron chi connectivity index (χ4n) is 1.52. The summed E-state index contributed by atoms with van der Waals surface area (Å²) in [6, 6.07) is -0.933. The molecule has 0 bridgehead atoms. The van der Waals surface area contributed by atoms with Gasteiger partial charge in [-0.05, 0) is 12.8 Å². The number of nitrogens with one attached hydrogen (secondary N) is 5. The third-order valence-electron chi connectivity index (χ3n) is 2.46. The van der Waals surface area contributed by atoms with E-state index in [1.165, 1.54) is 0 Å². The molecule has 10 nitrogen and oxygen atoms in total. The van der Waals surface area contributed by atoms with E-state index in [2.05, 4.69) is 5.32 Å². The summed E-state index contributed by atoms with van der Waals surface area (Å²) in [7, 11) is 0. The Hall–Kier alpha value is -2.20. The number of imide groups is 2. The highest BCUT2D eigenvalue weighted by atomic mass is 16.5. The summed E-state index contributed by atoms with van der Waals surface area (Å²) < 4.78 is 0. The molecule has 1 aliphatic rings. The molecule has 0 aromatic carbocycles. The van der Waals surface area contributed by atoms with Crippen LogP contribution in [-0.4, -0.2) is 41.1 Å². The summed E-state index contributed by atoms with van der Waals surface area (Å²) in [6.07, 6.45) is 0.191. The first-order valence-corrected chi connectivity index (χ1v) is 5.08. The minimum absolute atomic E-state index is 0.0747. The molecule has 1 heterocycles. The third kappa shape index (κ3) is 2.73. The lowest BCUT2D eigenvalue weighted by Gasteiger charge is -2.32. The summed E-state index contributed by atoms with van der Waals surface area (Å²) in [5.74, 6) is -2.10. The van der Waals surface area contributed by atoms with Gasteiger partial charge in [-0.15, -0.1) is 0 Å². The third-order valence-corrected chi connectivity index (χ3v) is 2.46. The molecule has 100 valence electrons. The van der Waals surface area contributed by atoms with Gasteiger partial charge in [0.05, 0.1) is 0 Å². The fraction of sp³-hybridized carbons (Fsp3) is 0.500. The first kappa shape index (κ1) is 13.9. The number of amides is 4. The molecule has 4 amide bonds. The molecule has 0 aromatic heterocycles. The van der Waals surface area contributed by atoms with Gasteiger partial charge in [-0.1, -0.05) is 0 Å². The zero-order chi connectivity index (χ0) is 13.8. The van der Waals surface area contributed by atoms with Crippen LogP contribution in [0, 0.1) is 5.41 Å². The summed E-state index contributed by atoms with van der Waals surface area (Å²) >= 11 is 0. The molecule has 1 saturated heterocycles. The van der Waals surface area contributed by atoms with Crippen molar-refractivity contribution in [3.63, 3.8) is 0 Å². The second-order valence-electron chi connectivity index (χ2n) is 3.70. The predicted molar refractivity (Wildman–Crippen MR) is 58.5 cm³/mol. The van der Waals surface area contributed by atoms with Crippen molar-refractivity contribution >= 4 is 23.8 Å². The topological polar surface area (TPSA) is 169 Å². The van der Waals surface area contributed by atoms with Gasteiger partial charge in [0.15, 0.2) is 11.5 Å². The van der Waals surface area contributed by atoms with E-state index in [-0.39, 0.29) is 25.3 Å². The van der Waals surface area contributed by atoms with Crippen LogP contribution in [-0.2, 0) is 9.59 Å². The largest absolute Gasteiger partial charge is 0.370 e. The molecule has 8 N–H and O–H groups in total. The molecule has 18 heavy (non-hydrogen) atoms. The van der Waals surface area contributed by atoms with Gasteiger partial charge >= 0.3 is 6.03 Å². The summed E-state index contributed by atoms with van der Waals surface area (Å²) in [4.78, 5) is 34.1. The van der Waals surface area contributed by atoms with E-state index >= 15 is 0 Å². The van der Waals surface area contributed by atoms with Crippen molar-refractivity contribution in [2.24, 2.45) is 5.73 Å². The van der Waals surface area contributed by atoms with Gasteiger partial charge in [-0.2, -0.15) is 5.48 Å². The minimum atomic E-state index is -1.91. The van der Waals surface area contributed by atoms with E-state index in [1.807, 2.05) is 10.6 Å². The van der Waals surface area contributed by atoms with Gasteiger partial charge in [0.25, 0.3) is 11.8 Å². The first-order chi connectivity index (χ1) is 8.42. The average molecular weight is 258 g/mol. The van der Waals surface area contributed by atoms with E-state index < -0.39 is 23.4 Å². The highest BCUT2D eigenvalue weighted by molar-refractivity contribution is 6.22. The van der Waals surface area contributed by atoms with Crippen LogP contribution in [0.15, 0.2) is 0 Å². The quantitative estimate of drug-likeness (QED) is 0.0926. The maximum absolute atomic E-state index is 11.6. The zero-order valence-corrected chi connectivity index (χ0v) is 9.37. The van der Waals surface area contributed by atoms with Crippen molar-refractivity contribution in [2.45, 2.75) is 18.4 Å². The highest BCUT2D eigenvalue weighted by Gasteiger charge is 2.49. The Kier molecular flexibility index (Phi) is 4.18. The number of guanidine groups is 1. The molecule has 10 heteroatoms. The van der Waals surface area contributed by atoms with E-state index in [0.717, 1.165) is 0 Å². The van der Waals surface area contributed by atoms with Gasteiger partial charge in [0.2, 0.25) is 0 Å². The lowest BCUT2D eigenvalue weighted by Crippen LogP contribution is -2.72. The van der Waals surface area contributed by atoms with Crippen LogP contribution < -0.4 is 27.2 Å². The predicted octanol–water partition coefficient (Wildman–Crippen LogP) is -2.67. The van der Waals surface area contributed by atoms with Crippen LogP contribution in [0.3, 0.4) is 0 Å². The molecule has 1 fully saturated rings. The van der Waals surface area contributed by atoms with Gasteiger partial charge in [-0.3, -0.25) is 25.6 Å². The lowest BCUT2D eigenvalue weighted by molar-refractivity contribution is -0.146. The number of barbiturate groups is 1. The number of hydrogen-bond acceptors (Lipinski definition) is 6. The van der Waals surface area contributed by atoms with Crippen molar-refractivity contribution in [3.8, 4) is 0 Å². The summed E-state index contributed by atoms with van der Waals surface area (Å²) in [5.41, 5.74) is 4.78. The smallest absolute Gasteiger partial charge is 0.328 e. The Labute approximate surface area is 102 Å². The Balaban J connectivity index is 2.66. The number of rotatable bonds is 5. The normalized spacial score (nSPS) is 17.9. The Bertz CT molecular complexity index is 375. The van der Waals surface area contributed by atoms with Gasteiger partial charge in [0.1, 0.15) is 0 Å². The van der Waals surface area contributed by atoms with Crippen molar-refractivity contribution in [1.82, 2.24) is 21.4 Å². The van der Waals surface area contributed by atoms with Crippen LogP contribution in [0.2, 0.25) is 0 Å². The summed E-state index contributed by atoms with van der Waals surface area (Å²) in [6.45, 7) is 0.243. The molecular weight excluding hydrogens is 244 g/mol. The molecular formula is C8H14N6O4. The maximum atomic E-state index is 11.6. The van der Waals surface area contributed by atoms with Crippen LogP contribution in [0.4, 0.5) is 4.79 Å². The molecule has 0 spiro atoms. The monoisotopic (exact) mass is 258 g/mol. The SMILES string of the molecule is N=C(N)NCCCC1(NO)C(=O)NC(=O)NC1=O. The molecule has 0 saturated carbocycles. The zero-order valence-electron chi connectivity index (χ0n) is 9.37. The lowest BCUT2D eigenvalue weighted by atomic mass is 9.90. The number of hydrogen-bond donors (Lipinski definition) is 7. The Morgan fingerprint density at radius 3 is 2.33 bits per heavy atom. The minimum Gasteiger partial charge on any atom is -0.370 e. The van der Waals surface area contributed by atoms with Crippen LogP contribution in [0.25, 0.3) is 0 Å². The van der Waals surface area contributed by atoms with E-state index in [4.69, 9.17) is 16.4 Å². The fourth-order valence-corrected chi connectivity index (χ4v) is 1.52. The number of carbonyl (C=O) groups is 3. The molecule has 1 rings (SSSR count). The standard InChI is InChI=1S/C8H14N6O4/c9-6(10)11-3-1-2-8(14-18)4(15)12-7(17)13-5(8)16/h14,18H,1-3H2,(H4,9,10,11)(H2,12,13,15,16,17). The van der Waals surface area contributed by atoms with Gasteiger partial charge in [0, 0.05) is 6.54 Å². The average Bonchev–Trinajstić information content (AvgIpc) is 2.27. The number of nitrogens with two attached hydrogens (primary N) is 1. The van der Waals surface area contributed by atoms with Crippen molar-refractivity contribution in [3.05, 3.63) is 0 Å². The van der Waals surface area contributed by atoms with E-state index in [0.29, 0.717) is 0 Å². The van der Waals surface area contributed by atoms with Crippen molar-refractivity contribution in [1.29, 1.82) is 5.41 Å². The second-order valence-corrected chi connectivity index (χ2v) is 3.70. The number of carbonyl (C=O) groups excluding carboxylic acids is 3. The van der Waals surface area contributed by atoms with Crippen molar-refractivity contribution in [2.75, 3.05) is 6.54 Å². The van der Waals surface area contributed by atoms with Crippen LogP contribution >= 0.6 is 0 Å². The van der Waals surface area contributed by atoms with E-state index in [1.54, 1.807) is 5.48 Å². The molecule has 0 aromatic rings. The molecule has 0 unspecified atom stereocenters. The number of hydroxylamine groups is 1. The molecule has 0 radical (unpaired) electrons. The highest BCUT2D eigenvalue weighted by Crippen LogP contribution is 2.15. The Morgan fingerprint density at radius 1 is 1.33 bits per heavy atom. The summed E-state index contributed by atoms with van der Waals surface area (Å²) in [5, 5.41) is 22.2. The Morgan fingerprint density at radius 2 is 1.89 bits per heavy atom. The maximum Gasteiger partial charge on any atom is 0.328 e. The van der Waals surface area contributed by atoms with Crippen molar-refractivity contribution < 1.29 is 19.6 Å². The second kappa shape index (κ2) is 5.42.